The van der Waals surface area contributed by atoms with Crippen LogP contribution in [-0.2, 0) is 6.54 Å². The highest BCUT2D eigenvalue weighted by atomic mass is 35.5. The zero-order valence-electron chi connectivity index (χ0n) is 9.11. The molecule has 88 valence electrons. The van der Waals surface area contributed by atoms with Crippen LogP contribution < -0.4 is 5.32 Å². The summed E-state index contributed by atoms with van der Waals surface area (Å²) in [6, 6.07) is 7.62. The first kappa shape index (κ1) is 13.2. The molecule has 5 heteroatoms. The van der Waals surface area contributed by atoms with E-state index >= 15 is 0 Å². The summed E-state index contributed by atoms with van der Waals surface area (Å²) in [5.74, 6) is 0. The van der Waals surface area contributed by atoms with Gasteiger partial charge in [-0.1, -0.05) is 29.8 Å². The number of nitrogens with one attached hydrogen (secondary N) is 1. The number of hydrogen-bond donors (Lipinski definition) is 2. The summed E-state index contributed by atoms with van der Waals surface area (Å²) >= 11 is 11.2. The molecule has 0 aliphatic heterocycles. The molecule has 0 heterocycles. The summed E-state index contributed by atoms with van der Waals surface area (Å²) in [5.41, 5.74) is 1.00. The molecular formula is C11H15ClN2OS. The molecule has 0 radical (unpaired) electrons. The summed E-state index contributed by atoms with van der Waals surface area (Å²) in [5, 5.41) is 13.2. The van der Waals surface area contributed by atoms with Gasteiger partial charge >= 0.3 is 0 Å². The fraction of sp³-hybridized carbons (Fsp3) is 0.364. The van der Waals surface area contributed by atoms with Gasteiger partial charge in [-0.05, 0) is 23.8 Å². The van der Waals surface area contributed by atoms with Crippen LogP contribution in [0, 0.1) is 0 Å². The van der Waals surface area contributed by atoms with Crippen molar-refractivity contribution in [2.75, 3.05) is 20.2 Å². The third kappa shape index (κ3) is 3.96. The van der Waals surface area contributed by atoms with Gasteiger partial charge in [-0.25, -0.2) is 0 Å². The summed E-state index contributed by atoms with van der Waals surface area (Å²) in [7, 11) is 1.83. The van der Waals surface area contributed by atoms with Crippen LogP contribution in [0.25, 0.3) is 0 Å². The molecule has 1 aromatic carbocycles. The van der Waals surface area contributed by atoms with Gasteiger partial charge in [0.2, 0.25) is 0 Å². The second-order valence-corrected chi connectivity index (χ2v) is 4.19. The maximum absolute atomic E-state index is 8.76. The van der Waals surface area contributed by atoms with Crippen molar-refractivity contribution < 1.29 is 5.11 Å². The lowest BCUT2D eigenvalue weighted by atomic mass is 10.2. The van der Waals surface area contributed by atoms with Crippen molar-refractivity contribution in [3.05, 3.63) is 34.9 Å². The predicted molar refractivity (Wildman–Crippen MR) is 70.6 cm³/mol. The summed E-state index contributed by atoms with van der Waals surface area (Å²) in [6.07, 6.45) is 0. The lowest BCUT2D eigenvalue weighted by molar-refractivity contribution is 0.263. The molecule has 0 aliphatic carbocycles. The Morgan fingerprint density at radius 2 is 2.19 bits per heavy atom. The number of nitrogens with zero attached hydrogens (tertiary/aromatic N) is 1. The van der Waals surface area contributed by atoms with Crippen molar-refractivity contribution in [2.45, 2.75) is 6.54 Å². The number of rotatable bonds is 4. The predicted octanol–water partition coefficient (Wildman–Crippen LogP) is 1.64. The monoisotopic (exact) mass is 258 g/mol. The second kappa shape index (κ2) is 6.68. The number of likely N-dealkylation sites (N-methyl/N-ethyl adjacent to an activating group) is 1. The van der Waals surface area contributed by atoms with E-state index < -0.39 is 0 Å². The summed E-state index contributed by atoms with van der Waals surface area (Å²) < 4.78 is 0. The van der Waals surface area contributed by atoms with Gasteiger partial charge in [0.25, 0.3) is 0 Å². The van der Waals surface area contributed by atoms with Gasteiger partial charge in [-0.15, -0.1) is 0 Å². The molecule has 1 aromatic rings. The molecule has 0 aromatic heterocycles. The fourth-order valence-corrected chi connectivity index (χ4v) is 1.57. The van der Waals surface area contributed by atoms with E-state index in [0.29, 0.717) is 18.2 Å². The normalized spacial score (nSPS) is 9.94. The Labute approximate surface area is 106 Å². The number of aliphatic hydroxyl groups is 1. The number of thiocarbonyl (C=S) groups is 1. The Kier molecular flexibility index (Phi) is 5.52. The first-order chi connectivity index (χ1) is 7.65. The van der Waals surface area contributed by atoms with Crippen molar-refractivity contribution in [1.82, 2.24) is 10.2 Å². The minimum absolute atomic E-state index is 0.0877. The van der Waals surface area contributed by atoms with E-state index in [0.717, 1.165) is 10.6 Å². The fourth-order valence-electron chi connectivity index (χ4n) is 1.20. The van der Waals surface area contributed by atoms with Crippen LogP contribution in [0.2, 0.25) is 5.02 Å². The minimum atomic E-state index is 0.0877. The third-order valence-electron chi connectivity index (χ3n) is 2.17. The van der Waals surface area contributed by atoms with E-state index in [1.807, 2.05) is 31.3 Å². The van der Waals surface area contributed by atoms with Crippen molar-refractivity contribution in [2.24, 2.45) is 0 Å². The van der Waals surface area contributed by atoms with Crippen molar-refractivity contribution in [3.8, 4) is 0 Å². The minimum Gasteiger partial charge on any atom is -0.395 e. The van der Waals surface area contributed by atoms with E-state index in [2.05, 4.69) is 5.32 Å². The second-order valence-electron chi connectivity index (χ2n) is 3.40. The summed E-state index contributed by atoms with van der Waals surface area (Å²) in [6.45, 7) is 1.20. The van der Waals surface area contributed by atoms with Crippen LogP contribution in [0.5, 0.6) is 0 Å². The van der Waals surface area contributed by atoms with Crippen LogP contribution in [0.3, 0.4) is 0 Å². The number of aliphatic hydroxyl groups excluding tert-OH is 1. The van der Waals surface area contributed by atoms with E-state index in [1.54, 1.807) is 4.90 Å². The van der Waals surface area contributed by atoms with Gasteiger partial charge in [0.1, 0.15) is 0 Å². The highest BCUT2D eigenvalue weighted by Crippen LogP contribution is 2.14. The molecule has 0 saturated heterocycles. The molecule has 0 amide bonds. The van der Waals surface area contributed by atoms with Crippen LogP contribution in [0.15, 0.2) is 24.3 Å². The summed E-state index contributed by atoms with van der Waals surface area (Å²) in [4.78, 5) is 1.78. The van der Waals surface area contributed by atoms with E-state index in [4.69, 9.17) is 28.9 Å². The Morgan fingerprint density at radius 3 is 2.81 bits per heavy atom. The number of benzene rings is 1. The Bertz CT molecular complexity index is 360. The number of hydrogen-bond acceptors (Lipinski definition) is 2. The van der Waals surface area contributed by atoms with Gasteiger partial charge in [-0.3, -0.25) is 0 Å². The molecule has 1 rings (SSSR count). The standard InChI is InChI=1S/C11H15ClN2OS/c1-14(6-7-15)11(16)13-8-9-4-2-3-5-10(9)12/h2-5,15H,6-8H2,1H3,(H,13,16). The zero-order chi connectivity index (χ0) is 12.0. The maximum atomic E-state index is 8.76. The van der Waals surface area contributed by atoms with Crippen molar-refractivity contribution in [1.29, 1.82) is 0 Å². The molecule has 0 fully saturated rings. The average Bonchev–Trinajstić information content (AvgIpc) is 2.28. The molecule has 0 spiro atoms. The molecule has 16 heavy (non-hydrogen) atoms. The molecule has 0 aliphatic rings. The van der Waals surface area contributed by atoms with E-state index in [-0.39, 0.29) is 6.61 Å². The first-order valence-electron chi connectivity index (χ1n) is 4.98. The molecule has 0 unspecified atom stereocenters. The quantitative estimate of drug-likeness (QED) is 0.805. The van der Waals surface area contributed by atoms with Crippen LogP contribution in [-0.4, -0.2) is 35.3 Å². The Morgan fingerprint density at radius 1 is 1.50 bits per heavy atom. The van der Waals surface area contributed by atoms with Crippen LogP contribution in [0.1, 0.15) is 5.56 Å². The van der Waals surface area contributed by atoms with Crippen LogP contribution in [0.4, 0.5) is 0 Å². The van der Waals surface area contributed by atoms with Crippen molar-refractivity contribution in [3.63, 3.8) is 0 Å². The van der Waals surface area contributed by atoms with Crippen LogP contribution >= 0.6 is 23.8 Å². The smallest absolute Gasteiger partial charge is 0.169 e. The maximum Gasteiger partial charge on any atom is 0.169 e. The Balaban J connectivity index is 2.46. The van der Waals surface area contributed by atoms with Gasteiger partial charge in [0, 0.05) is 25.2 Å². The lowest BCUT2D eigenvalue weighted by Gasteiger charge is -2.20. The van der Waals surface area contributed by atoms with E-state index in [9.17, 15) is 0 Å². The molecule has 0 bridgehead atoms. The van der Waals surface area contributed by atoms with Gasteiger partial charge < -0.3 is 15.3 Å². The largest absolute Gasteiger partial charge is 0.395 e. The van der Waals surface area contributed by atoms with Gasteiger partial charge in [0.05, 0.1) is 6.61 Å². The highest BCUT2D eigenvalue weighted by Gasteiger charge is 2.04. The van der Waals surface area contributed by atoms with E-state index in [1.165, 1.54) is 0 Å². The highest BCUT2D eigenvalue weighted by molar-refractivity contribution is 7.80. The first-order valence-corrected chi connectivity index (χ1v) is 5.77. The molecular weight excluding hydrogens is 244 g/mol. The van der Waals surface area contributed by atoms with Gasteiger partial charge in [-0.2, -0.15) is 0 Å². The molecule has 0 atom stereocenters. The SMILES string of the molecule is CN(CCO)C(=S)NCc1ccccc1Cl. The Hall–Kier alpha value is -0.840. The molecule has 0 saturated carbocycles. The van der Waals surface area contributed by atoms with Gasteiger partial charge in [0.15, 0.2) is 5.11 Å². The molecule has 2 N–H and O–H groups in total. The average molecular weight is 259 g/mol. The molecule has 3 nitrogen and oxygen atoms in total. The zero-order valence-corrected chi connectivity index (χ0v) is 10.7. The topological polar surface area (TPSA) is 35.5 Å². The third-order valence-corrected chi connectivity index (χ3v) is 2.99. The van der Waals surface area contributed by atoms with Crippen molar-refractivity contribution >= 4 is 28.9 Å². The lowest BCUT2D eigenvalue weighted by Crippen LogP contribution is -2.38. The number of halogens is 1.